The zero-order valence-corrected chi connectivity index (χ0v) is 9.19. The smallest absolute Gasteiger partial charge is 0.251 e. The minimum absolute atomic E-state index is 0.0395. The Labute approximate surface area is 90.4 Å². The van der Waals surface area contributed by atoms with E-state index in [4.69, 9.17) is 4.74 Å². The van der Waals surface area contributed by atoms with E-state index in [1.165, 1.54) is 0 Å². The highest BCUT2D eigenvalue weighted by Crippen LogP contribution is 1.98. The largest absolute Gasteiger partial charge is 0.380 e. The maximum atomic E-state index is 11.7. The van der Waals surface area contributed by atoms with Crippen LogP contribution in [0.5, 0.6) is 0 Å². The normalized spacial score (nSPS) is 12.1. The lowest BCUT2D eigenvalue weighted by atomic mass is 10.2. The van der Waals surface area contributed by atoms with E-state index in [0.717, 1.165) is 0 Å². The molecule has 0 saturated heterocycles. The van der Waals surface area contributed by atoms with E-state index >= 15 is 0 Å². The second kappa shape index (κ2) is 6.19. The molecule has 0 saturated carbocycles. The number of nitrogens with one attached hydrogen (secondary N) is 1. The maximum Gasteiger partial charge on any atom is 0.251 e. The summed E-state index contributed by atoms with van der Waals surface area (Å²) in [6.07, 6.45) is 0. The zero-order chi connectivity index (χ0) is 11.1. The highest BCUT2D eigenvalue weighted by Gasteiger charge is 2.08. The highest BCUT2D eigenvalue weighted by molar-refractivity contribution is 5.94. The molecule has 3 heteroatoms. The fourth-order valence-electron chi connectivity index (χ4n) is 1.23. The minimum Gasteiger partial charge on any atom is -0.380 e. The lowest BCUT2D eigenvalue weighted by Gasteiger charge is -2.13. The van der Waals surface area contributed by atoms with Gasteiger partial charge in [-0.3, -0.25) is 4.79 Å². The van der Waals surface area contributed by atoms with Crippen molar-refractivity contribution in [2.45, 2.75) is 19.9 Å². The highest BCUT2D eigenvalue weighted by atomic mass is 16.5. The lowest BCUT2D eigenvalue weighted by molar-refractivity contribution is 0.0872. The van der Waals surface area contributed by atoms with Crippen molar-refractivity contribution in [1.29, 1.82) is 0 Å². The average Bonchev–Trinajstić information content (AvgIpc) is 2.27. The van der Waals surface area contributed by atoms with Crippen molar-refractivity contribution in [1.82, 2.24) is 5.32 Å². The van der Waals surface area contributed by atoms with Crippen molar-refractivity contribution in [2.75, 3.05) is 13.2 Å². The fraction of sp³-hybridized carbons (Fsp3) is 0.417. The predicted octanol–water partition coefficient (Wildman–Crippen LogP) is 1.84. The molecule has 0 fully saturated rings. The van der Waals surface area contributed by atoms with Crippen LogP contribution in [0.3, 0.4) is 0 Å². The van der Waals surface area contributed by atoms with Crippen LogP contribution in [0, 0.1) is 0 Å². The number of carbonyl (C=O) groups excluding carboxylic acids is 1. The molecule has 0 aliphatic carbocycles. The number of hydrogen-bond acceptors (Lipinski definition) is 2. The topological polar surface area (TPSA) is 38.3 Å². The molecule has 1 aromatic rings. The van der Waals surface area contributed by atoms with Crippen LogP contribution >= 0.6 is 0 Å². The molecular weight excluding hydrogens is 190 g/mol. The molecule has 0 heterocycles. The van der Waals surface area contributed by atoms with E-state index < -0.39 is 0 Å². The van der Waals surface area contributed by atoms with Gasteiger partial charge < -0.3 is 10.1 Å². The van der Waals surface area contributed by atoms with E-state index in [1.807, 2.05) is 32.0 Å². The van der Waals surface area contributed by atoms with E-state index in [2.05, 4.69) is 5.32 Å². The molecule has 1 amide bonds. The summed E-state index contributed by atoms with van der Waals surface area (Å²) >= 11 is 0. The van der Waals surface area contributed by atoms with Gasteiger partial charge in [0.05, 0.1) is 6.61 Å². The third-order valence-electron chi connectivity index (χ3n) is 1.99. The molecular formula is C12H17NO2. The van der Waals surface area contributed by atoms with E-state index in [9.17, 15) is 4.79 Å². The molecule has 0 spiro atoms. The maximum absolute atomic E-state index is 11.7. The summed E-state index contributed by atoms with van der Waals surface area (Å²) in [5, 5.41) is 2.87. The molecule has 1 unspecified atom stereocenters. The predicted molar refractivity (Wildman–Crippen MR) is 59.9 cm³/mol. The van der Waals surface area contributed by atoms with Crippen molar-refractivity contribution in [3.63, 3.8) is 0 Å². The molecule has 1 rings (SSSR count). The molecule has 82 valence electrons. The van der Waals surface area contributed by atoms with Gasteiger partial charge in [0.1, 0.15) is 0 Å². The van der Waals surface area contributed by atoms with Crippen LogP contribution in [0.15, 0.2) is 30.3 Å². The number of amides is 1. The Morgan fingerprint density at radius 2 is 2.07 bits per heavy atom. The Kier molecular flexibility index (Phi) is 4.84. The van der Waals surface area contributed by atoms with Crippen LogP contribution in [0.2, 0.25) is 0 Å². The van der Waals surface area contributed by atoms with Crippen LogP contribution in [-0.4, -0.2) is 25.2 Å². The van der Waals surface area contributed by atoms with Crippen LogP contribution in [-0.2, 0) is 4.74 Å². The Morgan fingerprint density at radius 1 is 1.40 bits per heavy atom. The van der Waals surface area contributed by atoms with Crippen molar-refractivity contribution >= 4 is 5.91 Å². The first-order valence-corrected chi connectivity index (χ1v) is 5.17. The van der Waals surface area contributed by atoms with Crippen LogP contribution < -0.4 is 5.32 Å². The first-order valence-electron chi connectivity index (χ1n) is 5.17. The zero-order valence-electron chi connectivity index (χ0n) is 9.19. The third kappa shape index (κ3) is 4.13. The monoisotopic (exact) mass is 207 g/mol. The van der Waals surface area contributed by atoms with Gasteiger partial charge in [0.2, 0.25) is 0 Å². The molecule has 15 heavy (non-hydrogen) atoms. The minimum atomic E-state index is -0.0530. The third-order valence-corrected chi connectivity index (χ3v) is 1.99. The van der Waals surface area contributed by atoms with E-state index in [-0.39, 0.29) is 11.9 Å². The second-order valence-electron chi connectivity index (χ2n) is 3.40. The van der Waals surface area contributed by atoms with Gasteiger partial charge in [-0.25, -0.2) is 0 Å². The Morgan fingerprint density at radius 3 is 2.67 bits per heavy atom. The number of benzene rings is 1. The SMILES string of the molecule is CCOCC(C)NC(=O)c1ccccc1. The first kappa shape index (κ1) is 11.7. The van der Waals surface area contributed by atoms with Gasteiger partial charge in [-0.05, 0) is 26.0 Å². The van der Waals surface area contributed by atoms with Gasteiger partial charge in [0.15, 0.2) is 0 Å². The summed E-state index contributed by atoms with van der Waals surface area (Å²) in [5.41, 5.74) is 0.681. The molecule has 0 radical (unpaired) electrons. The second-order valence-corrected chi connectivity index (χ2v) is 3.40. The molecule has 1 atom stereocenters. The van der Waals surface area contributed by atoms with Crippen molar-refractivity contribution < 1.29 is 9.53 Å². The number of ether oxygens (including phenoxy) is 1. The standard InChI is InChI=1S/C12H17NO2/c1-3-15-9-10(2)13-12(14)11-7-5-4-6-8-11/h4-8,10H,3,9H2,1-2H3,(H,13,14). The summed E-state index contributed by atoms with van der Waals surface area (Å²) in [4.78, 5) is 11.7. The van der Waals surface area contributed by atoms with Gasteiger partial charge in [0, 0.05) is 18.2 Å². The number of hydrogen-bond donors (Lipinski definition) is 1. The lowest BCUT2D eigenvalue weighted by Crippen LogP contribution is -2.35. The van der Waals surface area contributed by atoms with Gasteiger partial charge in [0.25, 0.3) is 5.91 Å². The molecule has 1 aromatic carbocycles. The molecule has 0 aliphatic rings. The van der Waals surface area contributed by atoms with Crippen LogP contribution in [0.1, 0.15) is 24.2 Å². The van der Waals surface area contributed by atoms with Crippen molar-refractivity contribution in [2.24, 2.45) is 0 Å². The summed E-state index contributed by atoms with van der Waals surface area (Å²) in [5.74, 6) is -0.0530. The van der Waals surface area contributed by atoms with Crippen LogP contribution in [0.4, 0.5) is 0 Å². The quantitative estimate of drug-likeness (QED) is 0.800. The summed E-state index contributed by atoms with van der Waals surface area (Å²) in [7, 11) is 0. The molecule has 0 aliphatic heterocycles. The summed E-state index contributed by atoms with van der Waals surface area (Å²) in [6, 6.07) is 9.22. The van der Waals surface area contributed by atoms with Gasteiger partial charge in [-0.2, -0.15) is 0 Å². The molecule has 0 aromatic heterocycles. The van der Waals surface area contributed by atoms with Gasteiger partial charge in [-0.15, -0.1) is 0 Å². The van der Waals surface area contributed by atoms with Crippen LogP contribution in [0.25, 0.3) is 0 Å². The molecule has 0 bridgehead atoms. The van der Waals surface area contributed by atoms with Crippen molar-refractivity contribution in [3.8, 4) is 0 Å². The Bertz CT molecular complexity index is 298. The first-order chi connectivity index (χ1) is 7.24. The number of rotatable bonds is 5. The van der Waals surface area contributed by atoms with E-state index in [1.54, 1.807) is 12.1 Å². The molecule has 1 N–H and O–H groups in total. The van der Waals surface area contributed by atoms with E-state index in [0.29, 0.717) is 18.8 Å². The summed E-state index contributed by atoms with van der Waals surface area (Å²) in [6.45, 7) is 5.09. The summed E-state index contributed by atoms with van der Waals surface area (Å²) < 4.78 is 5.22. The average molecular weight is 207 g/mol. The van der Waals surface area contributed by atoms with Crippen molar-refractivity contribution in [3.05, 3.63) is 35.9 Å². The Balaban J connectivity index is 2.42. The van der Waals surface area contributed by atoms with Gasteiger partial charge >= 0.3 is 0 Å². The number of carbonyl (C=O) groups is 1. The Hall–Kier alpha value is -1.35. The molecule has 3 nitrogen and oxygen atoms in total. The fourth-order valence-corrected chi connectivity index (χ4v) is 1.23. The van der Waals surface area contributed by atoms with Gasteiger partial charge in [-0.1, -0.05) is 18.2 Å².